The zero-order chi connectivity index (χ0) is 14.2. The molecule has 1 aromatic carbocycles. The van der Waals surface area contributed by atoms with Crippen molar-refractivity contribution in [2.45, 2.75) is 4.90 Å². The molecule has 3 N–H and O–H groups in total. The summed E-state index contributed by atoms with van der Waals surface area (Å²) in [7, 11) is -2.49. The smallest absolute Gasteiger partial charge is 0.267 e. The standard InChI is InChI=1S/C10H10F2N4O2S/c1-16-5-9(10(13)14-16)19(17,18)15-6-2-3-7(11)8(12)4-6/h2-5,15H,1H3,(H2,13,14). The Kier molecular flexibility index (Phi) is 3.14. The van der Waals surface area contributed by atoms with Gasteiger partial charge in [-0.15, -0.1) is 0 Å². The van der Waals surface area contributed by atoms with Crippen LogP contribution in [0.2, 0.25) is 0 Å². The molecule has 0 spiro atoms. The van der Waals surface area contributed by atoms with Crippen molar-refractivity contribution >= 4 is 21.5 Å². The SMILES string of the molecule is Cn1cc(S(=O)(=O)Nc2ccc(F)c(F)c2)c(N)n1. The van der Waals surface area contributed by atoms with Crippen LogP contribution in [0.1, 0.15) is 0 Å². The lowest BCUT2D eigenvalue weighted by atomic mass is 10.3. The van der Waals surface area contributed by atoms with Crippen LogP contribution < -0.4 is 10.5 Å². The minimum Gasteiger partial charge on any atom is -0.381 e. The normalized spacial score (nSPS) is 11.5. The summed E-state index contributed by atoms with van der Waals surface area (Å²) in [6.07, 6.45) is 1.21. The van der Waals surface area contributed by atoms with Crippen molar-refractivity contribution in [2.24, 2.45) is 7.05 Å². The van der Waals surface area contributed by atoms with Gasteiger partial charge in [0.25, 0.3) is 10.0 Å². The summed E-state index contributed by atoms with van der Waals surface area (Å²) in [5.41, 5.74) is 5.34. The number of nitrogens with two attached hydrogens (primary N) is 1. The molecule has 102 valence electrons. The molecule has 0 aliphatic heterocycles. The maximum Gasteiger partial charge on any atom is 0.267 e. The molecule has 6 nitrogen and oxygen atoms in total. The van der Waals surface area contributed by atoms with Crippen LogP contribution in [0.3, 0.4) is 0 Å². The molecule has 0 aliphatic rings. The fourth-order valence-corrected chi connectivity index (χ4v) is 2.62. The number of halogens is 2. The topological polar surface area (TPSA) is 90.0 Å². The van der Waals surface area contributed by atoms with Gasteiger partial charge in [-0.3, -0.25) is 9.40 Å². The monoisotopic (exact) mass is 288 g/mol. The van der Waals surface area contributed by atoms with Crippen LogP contribution in [0, 0.1) is 11.6 Å². The molecule has 1 aromatic heterocycles. The Hall–Kier alpha value is -2.16. The van der Waals surface area contributed by atoms with Gasteiger partial charge < -0.3 is 5.73 Å². The van der Waals surface area contributed by atoms with Crippen molar-refractivity contribution in [3.63, 3.8) is 0 Å². The largest absolute Gasteiger partial charge is 0.381 e. The molecule has 0 saturated carbocycles. The summed E-state index contributed by atoms with van der Waals surface area (Å²) >= 11 is 0. The molecular weight excluding hydrogens is 278 g/mol. The van der Waals surface area contributed by atoms with E-state index < -0.39 is 21.7 Å². The minimum absolute atomic E-state index is 0.109. The predicted octanol–water partition coefficient (Wildman–Crippen LogP) is 1.08. The van der Waals surface area contributed by atoms with E-state index in [0.29, 0.717) is 0 Å². The van der Waals surface area contributed by atoms with E-state index in [1.807, 2.05) is 0 Å². The lowest BCUT2D eigenvalue weighted by Crippen LogP contribution is -2.14. The number of sulfonamides is 1. The first kappa shape index (κ1) is 13.3. The van der Waals surface area contributed by atoms with Gasteiger partial charge in [-0.05, 0) is 12.1 Å². The number of hydrogen-bond donors (Lipinski definition) is 2. The summed E-state index contributed by atoms with van der Waals surface area (Å²) in [6, 6.07) is 2.65. The minimum atomic E-state index is -4.00. The Morgan fingerprint density at radius 2 is 2.00 bits per heavy atom. The zero-order valence-electron chi connectivity index (χ0n) is 9.76. The number of benzene rings is 1. The first-order valence-corrected chi connectivity index (χ1v) is 6.55. The molecule has 0 fully saturated rings. The Morgan fingerprint density at radius 1 is 1.32 bits per heavy atom. The molecule has 19 heavy (non-hydrogen) atoms. The third-order valence-electron chi connectivity index (χ3n) is 2.28. The molecular formula is C10H10F2N4O2S. The quantitative estimate of drug-likeness (QED) is 0.884. The molecule has 0 unspecified atom stereocenters. The van der Waals surface area contributed by atoms with Crippen LogP contribution in [-0.2, 0) is 17.1 Å². The average Bonchev–Trinajstić information content (AvgIpc) is 2.63. The predicted molar refractivity (Wildman–Crippen MR) is 64.8 cm³/mol. The number of nitrogens with zero attached hydrogens (tertiary/aromatic N) is 2. The summed E-state index contributed by atoms with van der Waals surface area (Å²) in [6.45, 7) is 0. The number of hydrogen-bond acceptors (Lipinski definition) is 4. The van der Waals surface area contributed by atoms with Crippen molar-refractivity contribution in [2.75, 3.05) is 10.5 Å². The van der Waals surface area contributed by atoms with Crippen molar-refractivity contribution in [1.82, 2.24) is 9.78 Å². The van der Waals surface area contributed by atoms with Gasteiger partial charge in [-0.25, -0.2) is 17.2 Å². The van der Waals surface area contributed by atoms with E-state index in [1.165, 1.54) is 17.9 Å². The van der Waals surface area contributed by atoms with Gasteiger partial charge in [0.1, 0.15) is 4.90 Å². The maximum absolute atomic E-state index is 13.0. The third kappa shape index (κ3) is 2.65. The fraction of sp³-hybridized carbons (Fsp3) is 0.100. The summed E-state index contributed by atoms with van der Waals surface area (Å²) in [5.74, 6) is -2.40. The van der Waals surface area contributed by atoms with E-state index in [0.717, 1.165) is 18.2 Å². The highest BCUT2D eigenvalue weighted by Gasteiger charge is 2.21. The van der Waals surface area contributed by atoms with E-state index >= 15 is 0 Å². The zero-order valence-corrected chi connectivity index (χ0v) is 10.6. The fourth-order valence-electron chi connectivity index (χ4n) is 1.46. The van der Waals surface area contributed by atoms with Gasteiger partial charge in [0.2, 0.25) is 0 Å². The van der Waals surface area contributed by atoms with Gasteiger partial charge in [0.15, 0.2) is 17.5 Å². The molecule has 0 atom stereocenters. The molecule has 1 heterocycles. The third-order valence-corrected chi connectivity index (χ3v) is 3.68. The Bertz CT molecular complexity index is 727. The first-order valence-electron chi connectivity index (χ1n) is 5.06. The maximum atomic E-state index is 13.0. The lowest BCUT2D eigenvalue weighted by Gasteiger charge is -2.06. The van der Waals surface area contributed by atoms with Crippen LogP contribution in [0.15, 0.2) is 29.3 Å². The molecule has 0 bridgehead atoms. The lowest BCUT2D eigenvalue weighted by molar-refractivity contribution is 0.509. The first-order chi connectivity index (χ1) is 8.79. The van der Waals surface area contributed by atoms with E-state index in [9.17, 15) is 17.2 Å². The van der Waals surface area contributed by atoms with Gasteiger partial charge in [-0.2, -0.15) is 5.10 Å². The molecule has 0 radical (unpaired) electrons. The number of anilines is 2. The summed E-state index contributed by atoms with van der Waals surface area (Å²) in [5, 5.41) is 3.69. The van der Waals surface area contributed by atoms with Crippen LogP contribution in [0.5, 0.6) is 0 Å². The average molecular weight is 288 g/mol. The molecule has 0 aliphatic carbocycles. The van der Waals surface area contributed by atoms with Crippen molar-refractivity contribution in [3.05, 3.63) is 36.0 Å². The molecule has 2 aromatic rings. The number of nitrogen functional groups attached to an aromatic ring is 1. The van der Waals surface area contributed by atoms with Crippen molar-refractivity contribution in [3.8, 4) is 0 Å². The van der Waals surface area contributed by atoms with E-state index in [-0.39, 0.29) is 16.4 Å². The van der Waals surface area contributed by atoms with Crippen molar-refractivity contribution in [1.29, 1.82) is 0 Å². The number of aryl methyl sites for hydroxylation is 1. The highest BCUT2D eigenvalue weighted by molar-refractivity contribution is 7.92. The Balaban J connectivity index is 2.36. The second-order valence-electron chi connectivity index (χ2n) is 3.79. The number of nitrogens with one attached hydrogen (secondary N) is 1. The highest BCUT2D eigenvalue weighted by atomic mass is 32.2. The van der Waals surface area contributed by atoms with Gasteiger partial charge in [0, 0.05) is 19.3 Å². The van der Waals surface area contributed by atoms with E-state index in [4.69, 9.17) is 5.73 Å². The van der Waals surface area contributed by atoms with Crippen LogP contribution in [-0.4, -0.2) is 18.2 Å². The second kappa shape index (κ2) is 4.50. The summed E-state index contributed by atoms with van der Waals surface area (Å²) < 4.78 is 53.0. The molecule has 2 rings (SSSR count). The second-order valence-corrected chi connectivity index (χ2v) is 5.44. The molecule has 0 saturated heterocycles. The van der Waals surface area contributed by atoms with Crippen LogP contribution >= 0.6 is 0 Å². The van der Waals surface area contributed by atoms with Crippen molar-refractivity contribution < 1.29 is 17.2 Å². The number of aromatic nitrogens is 2. The van der Waals surface area contributed by atoms with Crippen LogP contribution in [0.4, 0.5) is 20.3 Å². The van der Waals surface area contributed by atoms with E-state index in [1.54, 1.807) is 0 Å². The Labute approximate surface area is 107 Å². The molecule has 9 heteroatoms. The van der Waals surface area contributed by atoms with Gasteiger partial charge in [-0.1, -0.05) is 0 Å². The van der Waals surface area contributed by atoms with E-state index in [2.05, 4.69) is 9.82 Å². The number of rotatable bonds is 3. The van der Waals surface area contributed by atoms with Crippen LogP contribution in [0.25, 0.3) is 0 Å². The highest BCUT2D eigenvalue weighted by Crippen LogP contribution is 2.21. The van der Waals surface area contributed by atoms with Gasteiger partial charge >= 0.3 is 0 Å². The Morgan fingerprint density at radius 3 is 2.53 bits per heavy atom. The summed E-state index contributed by atoms with van der Waals surface area (Å²) in [4.78, 5) is -0.236. The van der Waals surface area contributed by atoms with Gasteiger partial charge in [0.05, 0.1) is 5.69 Å². The molecule has 0 amide bonds.